The van der Waals surface area contributed by atoms with Crippen molar-refractivity contribution in [2.75, 3.05) is 11.9 Å². The number of nitrogens with zero attached hydrogens (tertiary/aromatic N) is 2. The largest absolute Gasteiger partial charge is 0.323 e. The summed E-state index contributed by atoms with van der Waals surface area (Å²) in [5.74, 6) is 0.0744. The molecule has 2 N–H and O–H groups in total. The molecule has 2 rings (SSSR count). The predicted molar refractivity (Wildman–Crippen MR) is 66.7 cm³/mol. The molecular weight excluding hydrogens is 216 g/mol. The first-order chi connectivity index (χ1) is 8.24. The third-order valence-corrected chi connectivity index (χ3v) is 3.12. The quantitative estimate of drug-likeness (QED) is 0.828. The van der Waals surface area contributed by atoms with Gasteiger partial charge in [-0.25, -0.2) is 0 Å². The Kier molecular flexibility index (Phi) is 4.14. The van der Waals surface area contributed by atoms with Crippen LogP contribution in [0, 0.1) is 0 Å². The van der Waals surface area contributed by atoms with E-state index in [0.717, 1.165) is 18.7 Å². The van der Waals surface area contributed by atoms with E-state index in [9.17, 15) is 4.79 Å². The Morgan fingerprint density at radius 1 is 1.65 bits per heavy atom. The highest BCUT2D eigenvalue weighted by molar-refractivity contribution is 5.90. The van der Waals surface area contributed by atoms with E-state index < -0.39 is 0 Å². The van der Waals surface area contributed by atoms with Gasteiger partial charge in [-0.1, -0.05) is 6.42 Å². The van der Waals surface area contributed by atoms with Gasteiger partial charge in [-0.2, -0.15) is 5.10 Å². The summed E-state index contributed by atoms with van der Waals surface area (Å²) in [7, 11) is 1.83. The Morgan fingerprint density at radius 3 is 3.18 bits per heavy atom. The fourth-order valence-electron chi connectivity index (χ4n) is 2.18. The zero-order valence-corrected chi connectivity index (χ0v) is 10.3. The van der Waals surface area contributed by atoms with E-state index in [1.54, 1.807) is 17.1 Å². The van der Waals surface area contributed by atoms with Crippen LogP contribution in [0.2, 0.25) is 0 Å². The maximum atomic E-state index is 11.7. The van der Waals surface area contributed by atoms with E-state index in [2.05, 4.69) is 15.7 Å². The van der Waals surface area contributed by atoms with Crippen molar-refractivity contribution >= 4 is 11.6 Å². The number of rotatable bonds is 4. The predicted octanol–water partition coefficient (Wildman–Crippen LogP) is 1.28. The summed E-state index contributed by atoms with van der Waals surface area (Å²) in [6, 6.07) is 0.517. The Bertz CT molecular complexity index is 368. The Morgan fingerprint density at radius 2 is 2.53 bits per heavy atom. The molecule has 1 saturated heterocycles. The normalized spacial score (nSPS) is 20.2. The van der Waals surface area contributed by atoms with Crippen molar-refractivity contribution in [1.29, 1.82) is 0 Å². The summed E-state index contributed by atoms with van der Waals surface area (Å²) in [6.07, 6.45) is 8.70. The molecule has 1 aromatic heterocycles. The molecule has 0 bridgehead atoms. The topological polar surface area (TPSA) is 59.0 Å². The Labute approximate surface area is 102 Å². The van der Waals surface area contributed by atoms with Crippen LogP contribution in [-0.4, -0.2) is 28.3 Å². The fraction of sp³-hybridized carbons (Fsp3) is 0.667. The van der Waals surface area contributed by atoms with Gasteiger partial charge in [0.15, 0.2) is 0 Å². The highest BCUT2D eigenvalue weighted by atomic mass is 16.1. The van der Waals surface area contributed by atoms with Gasteiger partial charge >= 0.3 is 0 Å². The van der Waals surface area contributed by atoms with E-state index in [0.29, 0.717) is 12.5 Å². The number of aromatic nitrogens is 2. The first kappa shape index (κ1) is 12.1. The molecule has 1 fully saturated rings. The molecule has 0 radical (unpaired) electrons. The van der Waals surface area contributed by atoms with Crippen LogP contribution in [0.3, 0.4) is 0 Å². The van der Waals surface area contributed by atoms with Crippen LogP contribution >= 0.6 is 0 Å². The molecule has 1 aromatic rings. The molecule has 94 valence electrons. The molecule has 1 amide bonds. The maximum Gasteiger partial charge on any atom is 0.224 e. The smallest absolute Gasteiger partial charge is 0.224 e. The molecule has 0 aliphatic carbocycles. The number of aryl methyl sites for hydroxylation is 1. The van der Waals surface area contributed by atoms with E-state index in [1.165, 1.54) is 19.3 Å². The minimum Gasteiger partial charge on any atom is -0.323 e. The van der Waals surface area contributed by atoms with Crippen molar-refractivity contribution in [3.05, 3.63) is 12.4 Å². The summed E-state index contributed by atoms with van der Waals surface area (Å²) >= 11 is 0. The van der Waals surface area contributed by atoms with Crippen LogP contribution in [0.4, 0.5) is 5.69 Å². The van der Waals surface area contributed by atoms with Gasteiger partial charge in [0.1, 0.15) is 0 Å². The molecule has 5 heteroatoms. The minimum absolute atomic E-state index is 0.0744. The molecule has 5 nitrogen and oxygen atoms in total. The van der Waals surface area contributed by atoms with E-state index in [-0.39, 0.29) is 5.91 Å². The molecule has 1 aliphatic heterocycles. The van der Waals surface area contributed by atoms with Crippen LogP contribution in [0.5, 0.6) is 0 Å². The number of hydrogen-bond acceptors (Lipinski definition) is 3. The zero-order chi connectivity index (χ0) is 12.1. The highest BCUT2D eigenvalue weighted by Gasteiger charge is 2.14. The van der Waals surface area contributed by atoms with Gasteiger partial charge < -0.3 is 10.6 Å². The van der Waals surface area contributed by atoms with Gasteiger partial charge in [0, 0.05) is 25.7 Å². The molecule has 1 atom stereocenters. The lowest BCUT2D eigenvalue weighted by Crippen LogP contribution is -2.34. The Balaban J connectivity index is 1.70. The number of amides is 1. The molecule has 1 unspecified atom stereocenters. The molecular formula is C12H20N4O. The van der Waals surface area contributed by atoms with Crippen LogP contribution < -0.4 is 10.6 Å². The van der Waals surface area contributed by atoms with Gasteiger partial charge in [-0.15, -0.1) is 0 Å². The lowest BCUT2D eigenvalue weighted by Gasteiger charge is -2.22. The number of hydrogen-bond donors (Lipinski definition) is 2. The van der Waals surface area contributed by atoms with Gasteiger partial charge in [-0.3, -0.25) is 9.48 Å². The van der Waals surface area contributed by atoms with Gasteiger partial charge in [0.2, 0.25) is 5.91 Å². The van der Waals surface area contributed by atoms with Crippen molar-refractivity contribution in [3.63, 3.8) is 0 Å². The van der Waals surface area contributed by atoms with E-state index in [4.69, 9.17) is 0 Å². The van der Waals surface area contributed by atoms with Crippen molar-refractivity contribution < 1.29 is 4.79 Å². The van der Waals surface area contributed by atoms with Gasteiger partial charge in [0.05, 0.1) is 11.9 Å². The van der Waals surface area contributed by atoms with Crippen molar-refractivity contribution in [2.24, 2.45) is 7.05 Å². The summed E-state index contributed by atoms with van der Waals surface area (Å²) in [6.45, 7) is 1.09. The van der Waals surface area contributed by atoms with Crippen LogP contribution in [-0.2, 0) is 11.8 Å². The second kappa shape index (κ2) is 5.82. The van der Waals surface area contributed by atoms with Crippen molar-refractivity contribution in [1.82, 2.24) is 15.1 Å². The summed E-state index contributed by atoms with van der Waals surface area (Å²) < 4.78 is 1.68. The average Bonchev–Trinajstić information content (AvgIpc) is 2.73. The third kappa shape index (κ3) is 3.85. The van der Waals surface area contributed by atoms with Crippen LogP contribution in [0.1, 0.15) is 32.1 Å². The van der Waals surface area contributed by atoms with Crippen molar-refractivity contribution in [2.45, 2.75) is 38.1 Å². The second-order valence-electron chi connectivity index (χ2n) is 4.64. The third-order valence-electron chi connectivity index (χ3n) is 3.12. The number of nitrogens with one attached hydrogen (secondary N) is 2. The molecule has 17 heavy (non-hydrogen) atoms. The molecule has 0 spiro atoms. The summed E-state index contributed by atoms with van der Waals surface area (Å²) in [4.78, 5) is 11.7. The SMILES string of the molecule is Cn1cc(NC(=O)CCC2CCCCN2)cn1. The standard InChI is InChI=1S/C12H20N4O/c1-16-9-11(8-14-16)15-12(17)6-5-10-4-2-3-7-13-10/h8-10,13H,2-7H2,1H3,(H,15,17). The first-order valence-corrected chi connectivity index (χ1v) is 6.26. The number of carbonyl (C=O) groups is 1. The Hall–Kier alpha value is -1.36. The second-order valence-corrected chi connectivity index (χ2v) is 4.64. The average molecular weight is 236 g/mol. The summed E-state index contributed by atoms with van der Waals surface area (Å²) in [5, 5.41) is 10.3. The molecule has 0 aromatic carbocycles. The van der Waals surface area contributed by atoms with E-state index in [1.807, 2.05) is 7.05 Å². The molecule has 1 aliphatic rings. The van der Waals surface area contributed by atoms with Crippen LogP contribution in [0.15, 0.2) is 12.4 Å². The van der Waals surface area contributed by atoms with Gasteiger partial charge in [-0.05, 0) is 25.8 Å². The molecule has 2 heterocycles. The van der Waals surface area contributed by atoms with Crippen molar-refractivity contribution in [3.8, 4) is 0 Å². The number of piperidine rings is 1. The van der Waals surface area contributed by atoms with E-state index >= 15 is 0 Å². The lowest BCUT2D eigenvalue weighted by molar-refractivity contribution is -0.116. The molecule has 0 saturated carbocycles. The van der Waals surface area contributed by atoms with Crippen LogP contribution in [0.25, 0.3) is 0 Å². The zero-order valence-electron chi connectivity index (χ0n) is 10.3. The first-order valence-electron chi connectivity index (χ1n) is 6.26. The minimum atomic E-state index is 0.0744. The maximum absolute atomic E-state index is 11.7. The summed E-state index contributed by atoms with van der Waals surface area (Å²) in [5.41, 5.74) is 0.772. The monoisotopic (exact) mass is 236 g/mol. The highest BCUT2D eigenvalue weighted by Crippen LogP contribution is 2.12. The fourth-order valence-corrected chi connectivity index (χ4v) is 2.18. The number of carbonyl (C=O) groups excluding carboxylic acids is 1. The lowest BCUT2D eigenvalue weighted by atomic mass is 10.0. The number of anilines is 1. The van der Waals surface area contributed by atoms with Gasteiger partial charge in [0.25, 0.3) is 0 Å².